The van der Waals surface area contributed by atoms with E-state index in [2.05, 4.69) is 5.32 Å². The summed E-state index contributed by atoms with van der Waals surface area (Å²) in [5.41, 5.74) is 0.773. The van der Waals surface area contributed by atoms with Crippen molar-refractivity contribution in [2.24, 2.45) is 0 Å². The Labute approximate surface area is 109 Å². The third-order valence-corrected chi connectivity index (χ3v) is 2.48. The number of nitrogens with zero attached hydrogens (tertiary/aromatic N) is 1. The number of nitro groups is 1. The number of carboxylic acids is 1. The van der Waals surface area contributed by atoms with Gasteiger partial charge in [0.05, 0.1) is 4.92 Å². The van der Waals surface area contributed by atoms with Crippen molar-refractivity contribution in [1.29, 1.82) is 0 Å². The number of anilines is 1. The number of carbonyl (C=O) groups excluding carboxylic acids is 1. The van der Waals surface area contributed by atoms with E-state index in [1.807, 2.05) is 0 Å². The molecule has 1 rings (SSSR count). The van der Waals surface area contributed by atoms with E-state index in [0.29, 0.717) is 11.3 Å². The zero-order valence-corrected chi connectivity index (χ0v) is 10.4. The number of amides is 1. The molecule has 0 heterocycles. The second kappa shape index (κ2) is 6.48. The van der Waals surface area contributed by atoms with Crippen molar-refractivity contribution in [2.75, 3.05) is 5.32 Å². The molecule has 0 bridgehead atoms. The van der Waals surface area contributed by atoms with Crippen LogP contribution in [0, 0.1) is 17.0 Å². The smallest absolute Gasteiger partial charge is 0.303 e. The lowest BCUT2D eigenvalue weighted by Gasteiger charge is -2.05. The molecule has 0 radical (unpaired) electrons. The predicted octanol–water partition coefficient (Wildman–Crippen LogP) is 2.10. The van der Waals surface area contributed by atoms with Crippen LogP contribution in [-0.4, -0.2) is 21.9 Å². The largest absolute Gasteiger partial charge is 0.481 e. The van der Waals surface area contributed by atoms with Crippen molar-refractivity contribution in [3.05, 3.63) is 33.9 Å². The number of carbonyl (C=O) groups is 2. The first-order chi connectivity index (χ1) is 8.90. The van der Waals surface area contributed by atoms with Gasteiger partial charge in [0.25, 0.3) is 5.69 Å². The lowest BCUT2D eigenvalue weighted by atomic mass is 10.1. The molecule has 0 aliphatic heterocycles. The summed E-state index contributed by atoms with van der Waals surface area (Å²) in [7, 11) is 0. The molecule has 7 nitrogen and oxygen atoms in total. The van der Waals surface area contributed by atoms with Crippen molar-refractivity contribution < 1.29 is 19.6 Å². The molecule has 0 atom stereocenters. The van der Waals surface area contributed by atoms with Gasteiger partial charge in [0, 0.05) is 30.2 Å². The summed E-state index contributed by atoms with van der Waals surface area (Å²) in [5, 5.41) is 21.7. The third kappa shape index (κ3) is 4.74. The van der Waals surface area contributed by atoms with Crippen LogP contribution >= 0.6 is 0 Å². The molecule has 19 heavy (non-hydrogen) atoms. The van der Waals surface area contributed by atoms with Gasteiger partial charge < -0.3 is 10.4 Å². The van der Waals surface area contributed by atoms with Crippen LogP contribution in [0.1, 0.15) is 24.8 Å². The first-order valence-corrected chi connectivity index (χ1v) is 5.67. The summed E-state index contributed by atoms with van der Waals surface area (Å²) in [6, 6.07) is 4.40. The maximum atomic E-state index is 11.5. The summed E-state index contributed by atoms with van der Waals surface area (Å²) >= 11 is 0. The molecule has 0 saturated heterocycles. The molecule has 0 spiro atoms. The van der Waals surface area contributed by atoms with Crippen LogP contribution in [0.2, 0.25) is 0 Å². The number of benzene rings is 1. The highest BCUT2D eigenvalue weighted by Gasteiger charge is 2.12. The first-order valence-electron chi connectivity index (χ1n) is 5.67. The summed E-state index contributed by atoms with van der Waals surface area (Å²) in [6.07, 6.45) is 0.213. The Bertz CT molecular complexity index is 513. The Morgan fingerprint density at radius 1 is 1.37 bits per heavy atom. The number of aliphatic carboxylic acids is 1. The number of hydrogen-bond acceptors (Lipinski definition) is 4. The Morgan fingerprint density at radius 2 is 2.05 bits per heavy atom. The Morgan fingerprint density at radius 3 is 2.63 bits per heavy atom. The number of nitro benzene ring substituents is 1. The lowest BCUT2D eigenvalue weighted by Crippen LogP contribution is -2.12. The molecule has 1 amide bonds. The Hall–Kier alpha value is -2.44. The van der Waals surface area contributed by atoms with Crippen LogP contribution in [0.15, 0.2) is 18.2 Å². The lowest BCUT2D eigenvalue weighted by molar-refractivity contribution is -0.385. The van der Waals surface area contributed by atoms with Crippen molar-refractivity contribution in [1.82, 2.24) is 0 Å². The molecular formula is C12H14N2O5. The number of aryl methyl sites for hydroxylation is 1. The summed E-state index contributed by atoms with van der Waals surface area (Å²) in [6.45, 7) is 1.61. The van der Waals surface area contributed by atoms with Crippen LogP contribution < -0.4 is 5.32 Å². The van der Waals surface area contributed by atoms with Crippen LogP contribution in [-0.2, 0) is 9.59 Å². The van der Waals surface area contributed by atoms with E-state index in [9.17, 15) is 19.7 Å². The summed E-state index contributed by atoms with van der Waals surface area (Å²) < 4.78 is 0. The van der Waals surface area contributed by atoms with Gasteiger partial charge >= 0.3 is 5.97 Å². The first kappa shape index (κ1) is 14.6. The minimum atomic E-state index is -0.959. The molecule has 0 saturated carbocycles. The van der Waals surface area contributed by atoms with Crippen LogP contribution in [0.5, 0.6) is 0 Å². The highest BCUT2D eigenvalue weighted by molar-refractivity contribution is 5.91. The predicted molar refractivity (Wildman–Crippen MR) is 67.9 cm³/mol. The topological polar surface area (TPSA) is 110 Å². The van der Waals surface area contributed by atoms with Gasteiger partial charge in [0.1, 0.15) is 0 Å². The molecule has 102 valence electrons. The van der Waals surface area contributed by atoms with E-state index in [0.717, 1.165) is 0 Å². The Balaban J connectivity index is 2.62. The molecule has 0 unspecified atom stereocenters. The van der Waals surface area contributed by atoms with Gasteiger partial charge in [0.15, 0.2) is 0 Å². The third-order valence-electron chi connectivity index (χ3n) is 2.48. The van der Waals surface area contributed by atoms with E-state index in [4.69, 9.17) is 5.11 Å². The Kier molecular flexibility index (Phi) is 4.99. The molecule has 0 aliphatic rings. The summed E-state index contributed by atoms with van der Waals surface area (Å²) in [4.78, 5) is 32.0. The fraction of sp³-hybridized carbons (Fsp3) is 0.333. The zero-order valence-electron chi connectivity index (χ0n) is 10.4. The second-order valence-corrected chi connectivity index (χ2v) is 4.05. The van der Waals surface area contributed by atoms with Gasteiger partial charge in [0.2, 0.25) is 5.91 Å². The fourth-order valence-electron chi connectivity index (χ4n) is 1.51. The highest BCUT2D eigenvalue weighted by atomic mass is 16.6. The van der Waals surface area contributed by atoms with Crippen LogP contribution in [0.25, 0.3) is 0 Å². The standard InChI is InChI=1S/C12H14N2O5/c1-8-5-6-9(7-10(8)14(18)19)13-11(15)3-2-4-12(16)17/h5-7H,2-4H2,1H3,(H,13,15)(H,16,17). The molecule has 0 aliphatic carbocycles. The average Bonchev–Trinajstić information content (AvgIpc) is 2.30. The van der Waals surface area contributed by atoms with Crippen LogP contribution in [0.4, 0.5) is 11.4 Å². The van der Waals surface area contributed by atoms with Gasteiger partial charge in [-0.2, -0.15) is 0 Å². The van der Waals surface area contributed by atoms with Gasteiger partial charge in [-0.25, -0.2) is 0 Å². The average molecular weight is 266 g/mol. The quantitative estimate of drug-likeness (QED) is 0.605. The van der Waals surface area contributed by atoms with E-state index in [1.165, 1.54) is 6.07 Å². The minimum Gasteiger partial charge on any atom is -0.481 e. The number of carboxylic acid groups (broad SMARTS) is 1. The van der Waals surface area contributed by atoms with Gasteiger partial charge in [-0.05, 0) is 19.4 Å². The molecule has 2 N–H and O–H groups in total. The zero-order chi connectivity index (χ0) is 14.4. The maximum absolute atomic E-state index is 11.5. The molecule has 7 heteroatoms. The molecule has 1 aromatic carbocycles. The highest BCUT2D eigenvalue weighted by Crippen LogP contribution is 2.22. The van der Waals surface area contributed by atoms with Crippen molar-refractivity contribution >= 4 is 23.3 Å². The van der Waals surface area contributed by atoms with E-state index in [1.54, 1.807) is 19.1 Å². The summed E-state index contributed by atoms with van der Waals surface area (Å²) in [5.74, 6) is -1.32. The molecular weight excluding hydrogens is 252 g/mol. The molecule has 0 fully saturated rings. The van der Waals surface area contributed by atoms with Crippen molar-refractivity contribution in [2.45, 2.75) is 26.2 Å². The molecule has 0 aromatic heterocycles. The number of rotatable bonds is 6. The normalized spacial score (nSPS) is 9.95. The minimum absolute atomic E-state index is 0.0635. The monoisotopic (exact) mass is 266 g/mol. The fourth-order valence-corrected chi connectivity index (χ4v) is 1.51. The number of hydrogen-bond donors (Lipinski definition) is 2. The van der Waals surface area contributed by atoms with E-state index < -0.39 is 10.9 Å². The van der Waals surface area contributed by atoms with Crippen molar-refractivity contribution in [3.63, 3.8) is 0 Å². The van der Waals surface area contributed by atoms with Gasteiger partial charge in [-0.15, -0.1) is 0 Å². The van der Waals surface area contributed by atoms with Crippen molar-refractivity contribution in [3.8, 4) is 0 Å². The maximum Gasteiger partial charge on any atom is 0.303 e. The van der Waals surface area contributed by atoms with E-state index >= 15 is 0 Å². The molecule has 1 aromatic rings. The van der Waals surface area contributed by atoms with E-state index in [-0.39, 0.29) is 30.9 Å². The second-order valence-electron chi connectivity index (χ2n) is 4.05. The number of nitrogens with one attached hydrogen (secondary N) is 1. The van der Waals surface area contributed by atoms with Crippen LogP contribution in [0.3, 0.4) is 0 Å². The van der Waals surface area contributed by atoms with Gasteiger partial charge in [-0.3, -0.25) is 19.7 Å². The van der Waals surface area contributed by atoms with Gasteiger partial charge in [-0.1, -0.05) is 6.07 Å². The SMILES string of the molecule is Cc1ccc(NC(=O)CCCC(=O)O)cc1[N+](=O)[O-].